The molecule has 1 N–H and O–H groups in total. The van der Waals surface area contributed by atoms with Gasteiger partial charge in [-0.1, -0.05) is 41.6 Å². The third-order valence-electron chi connectivity index (χ3n) is 4.28. The van der Waals surface area contributed by atoms with Gasteiger partial charge in [0.1, 0.15) is 0 Å². The van der Waals surface area contributed by atoms with Crippen molar-refractivity contribution in [1.82, 2.24) is 19.9 Å². The van der Waals surface area contributed by atoms with E-state index in [2.05, 4.69) is 27.1 Å². The zero-order valence-corrected chi connectivity index (χ0v) is 14.6. The van der Waals surface area contributed by atoms with E-state index in [-0.39, 0.29) is 11.6 Å². The highest BCUT2D eigenvalue weighted by Gasteiger charge is 2.27. The number of hydrogen-bond donors (Lipinski definition) is 1. The first kappa shape index (κ1) is 15.5. The highest BCUT2D eigenvalue weighted by molar-refractivity contribution is 7.98. The van der Waals surface area contributed by atoms with Gasteiger partial charge >= 0.3 is 0 Å². The fourth-order valence-electron chi connectivity index (χ4n) is 3.09. The standard InChI is InChI=1S/C17H15ClN4OS/c1-24-17-19-8-12(18)15(21-17)16(23)22-7-6-14-11(9-22)10-4-2-3-5-13(10)20-14/h2-5,8,20H,6-7,9H2,1H3. The smallest absolute Gasteiger partial charge is 0.274 e. The van der Waals surface area contributed by atoms with E-state index in [1.165, 1.54) is 34.6 Å². The zero-order chi connectivity index (χ0) is 16.7. The number of carbonyl (C=O) groups excluding carboxylic acids is 1. The molecule has 0 bridgehead atoms. The van der Waals surface area contributed by atoms with Crippen LogP contribution >= 0.6 is 23.4 Å². The number of rotatable bonds is 2. The SMILES string of the molecule is CSc1ncc(Cl)c(C(=O)N2CCc3[nH]c4ccccc4c3C2)n1. The first-order valence-electron chi connectivity index (χ1n) is 7.61. The molecule has 3 aromatic rings. The fraction of sp³-hybridized carbons (Fsp3) is 0.235. The molecule has 0 saturated heterocycles. The van der Waals surface area contributed by atoms with E-state index in [1.54, 1.807) is 4.90 Å². The Hall–Kier alpha value is -2.05. The molecule has 1 aromatic carbocycles. The lowest BCUT2D eigenvalue weighted by Crippen LogP contribution is -2.36. The quantitative estimate of drug-likeness (QED) is 0.562. The molecule has 0 saturated carbocycles. The predicted molar refractivity (Wildman–Crippen MR) is 95.6 cm³/mol. The summed E-state index contributed by atoms with van der Waals surface area (Å²) in [7, 11) is 0. The van der Waals surface area contributed by atoms with Gasteiger partial charge in [-0.25, -0.2) is 9.97 Å². The van der Waals surface area contributed by atoms with E-state index in [9.17, 15) is 4.79 Å². The van der Waals surface area contributed by atoms with Gasteiger partial charge in [0.2, 0.25) is 0 Å². The normalized spacial score (nSPS) is 14.0. The van der Waals surface area contributed by atoms with E-state index in [0.717, 1.165) is 11.9 Å². The molecule has 0 atom stereocenters. The monoisotopic (exact) mass is 358 g/mol. The minimum absolute atomic E-state index is 0.145. The van der Waals surface area contributed by atoms with Gasteiger partial charge in [0, 0.05) is 41.7 Å². The van der Waals surface area contributed by atoms with Gasteiger partial charge in [-0.05, 0) is 12.3 Å². The van der Waals surface area contributed by atoms with Crippen molar-refractivity contribution in [3.8, 4) is 0 Å². The zero-order valence-electron chi connectivity index (χ0n) is 13.0. The Morgan fingerprint density at radius 1 is 1.38 bits per heavy atom. The van der Waals surface area contributed by atoms with E-state index < -0.39 is 0 Å². The summed E-state index contributed by atoms with van der Waals surface area (Å²) in [6.07, 6.45) is 4.17. The van der Waals surface area contributed by atoms with Crippen LogP contribution in [0.2, 0.25) is 5.02 Å². The summed E-state index contributed by atoms with van der Waals surface area (Å²) in [4.78, 5) is 26.5. The number of nitrogens with one attached hydrogen (secondary N) is 1. The predicted octanol–water partition coefficient (Wildman–Crippen LogP) is 3.53. The fourth-order valence-corrected chi connectivity index (χ4v) is 3.60. The molecule has 5 nitrogen and oxygen atoms in total. The third-order valence-corrected chi connectivity index (χ3v) is 5.12. The minimum atomic E-state index is -0.145. The number of H-pyrrole nitrogens is 1. The Balaban J connectivity index is 1.68. The number of para-hydroxylation sites is 1. The second kappa shape index (κ2) is 6.11. The van der Waals surface area contributed by atoms with Crippen molar-refractivity contribution in [3.05, 3.63) is 52.4 Å². The van der Waals surface area contributed by atoms with E-state index in [4.69, 9.17) is 11.6 Å². The summed E-state index contributed by atoms with van der Waals surface area (Å²) >= 11 is 7.54. The van der Waals surface area contributed by atoms with Gasteiger partial charge in [0.15, 0.2) is 10.9 Å². The molecule has 1 aliphatic rings. The number of carbonyl (C=O) groups is 1. The van der Waals surface area contributed by atoms with E-state index >= 15 is 0 Å². The van der Waals surface area contributed by atoms with Crippen LogP contribution in [0.3, 0.4) is 0 Å². The van der Waals surface area contributed by atoms with Gasteiger partial charge < -0.3 is 9.88 Å². The number of benzene rings is 1. The summed E-state index contributed by atoms with van der Waals surface area (Å²) in [5.74, 6) is -0.145. The van der Waals surface area contributed by atoms with Crippen LogP contribution in [0.25, 0.3) is 10.9 Å². The lowest BCUT2D eigenvalue weighted by atomic mass is 10.0. The molecule has 0 aliphatic carbocycles. The molecule has 0 radical (unpaired) electrons. The van der Waals surface area contributed by atoms with Crippen molar-refractivity contribution in [2.45, 2.75) is 18.1 Å². The third kappa shape index (κ3) is 2.56. The van der Waals surface area contributed by atoms with E-state index in [1.807, 2.05) is 18.4 Å². The lowest BCUT2D eigenvalue weighted by molar-refractivity contribution is 0.0728. The van der Waals surface area contributed by atoms with Crippen molar-refractivity contribution >= 4 is 40.2 Å². The molecular formula is C17H15ClN4OS. The summed E-state index contributed by atoms with van der Waals surface area (Å²) in [6.45, 7) is 1.21. The maximum atomic E-state index is 12.9. The highest BCUT2D eigenvalue weighted by atomic mass is 35.5. The second-order valence-electron chi connectivity index (χ2n) is 5.66. The van der Waals surface area contributed by atoms with Crippen molar-refractivity contribution in [2.75, 3.05) is 12.8 Å². The van der Waals surface area contributed by atoms with Gasteiger partial charge in [0.25, 0.3) is 5.91 Å². The van der Waals surface area contributed by atoms with Gasteiger partial charge in [-0.15, -0.1) is 0 Å². The van der Waals surface area contributed by atoms with Crippen molar-refractivity contribution in [2.24, 2.45) is 0 Å². The Labute approximate surface area is 148 Å². The Bertz CT molecular complexity index is 939. The number of aromatic nitrogens is 3. The van der Waals surface area contributed by atoms with Crippen LogP contribution in [0.4, 0.5) is 0 Å². The maximum Gasteiger partial charge on any atom is 0.274 e. The number of nitrogens with zero attached hydrogens (tertiary/aromatic N) is 3. The van der Waals surface area contributed by atoms with E-state index in [0.29, 0.717) is 23.3 Å². The molecule has 122 valence electrons. The van der Waals surface area contributed by atoms with Crippen molar-refractivity contribution in [1.29, 1.82) is 0 Å². The minimum Gasteiger partial charge on any atom is -0.358 e. The molecule has 0 spiro atoms. The van der Waals surface area contributed by atoms with Gasteiger partial charge in [0.05, 0.1) is 11.2 Å². The number of fused-ring (bicyclic) bond motifs is 3. The molecule has 1 amide bonds. The molecule has 2 aromatic heterocycles. The molecular weight excluding hydrogens is 344 g/mol. The van der Waals surface area contributed by atoms with Crippen LogP contribution in [-0.4, -0.2) is 38.6 Å². The molecule has 4 rings (SSSR count). The summed E-state index contributed by atoms with van der Waals surface area (Å²) < 4.78 is 0. The summed E-state index contributed by atoms with van der Waals surface area (Å²) in [6, 6.07) is 8.18. The van der Waals surface area contributed by atoms with Crippen molar-refractivity contribution in [3.63, 3.8) is 0 Å². The second-order valence-corrected chi connectivity index (χ2v) is 6.84. The maximum absolute atomic E-state index is 12.9. The van der Waals surface area contributed by atoms with Crippen molar-refractivity contribution < 1.29 is 4.79 Å². The van der Waals surface area contributed by atoms with Crippen LogP contribution in [0.1, 0.15) is 21.7 Å². The first-order chi connectivity index (χ1) is 11.7. The van der Waals surface area contributed by atoms with Gasteiger partial charge in [-0.2, -0.15) is 0 Å². The average Bonchev–Trinajstić information content (AvgIpc) is 2.99. The molecule has 0 unspecified atom stereocenters. The van der Waals surface area contributed by atoms with Crippen LogP contribution in [0.15, 0.2) is 35.6 Å². The molecule has 7 heteroatoms. The Morgan fingerprint density at radius 2 is 2.21 bits per heavy atom. The number of aromatic amines is 1. The van der Waals surface area contributed by atoms with Gasteiger partial charge in [-0.3, -0.25) is 4.79 Å². The van der Waals surface area contributed by atoms with Crippen LogP contribution in [0.5, 0.6) is 0 Å². The number of thioether (sulfide) groups is 1. The molecule has 1 aliphatic heterocycles. The Morgan fingerprint density at radius 3 is 3.04 bits per heavy atom. The average molecular weight is 359 g/mol. The molecule has 3 heterocycles. The number of hydrogen-bond acceptors (Lipinski definition) is 4. The highest BCUT2D eigenvalue weighted by Crippen LogP contribution is 2.29. The Kier molecular flexibility index (Phi) is 3.94. The first-order valence-corrected chi connectivity index (χ1v) is 9.22. The summed E-state index contributed by atoms with van der Waals surface area (Å²) in [5.41, 5.74) is 3.78. The molecule has 0 fully saturated rings. The van der Waals surface area contributed by atoms with Crippen LogP contribution < -0.4 is 0 Å². The molecule has 24 heavy (non-hydrogen) atoms. The summed E-state index contributed by atoms with van der Waals surface area (Å²) in [5, 5.41) is 2.01. The largest absolute Gasteiger partial charge is 0.358 e. The van der Waals surface area contributed by atoms with Crippen LogP contribution in [0, 0.1) is 0 Å². The lowest BCUT2D eigenvalue weighted by Gasteiger charge is -2.27. The topological polar surface area (TPSA) is 61.9 Å². The number of halogens is 1. The van der Waals surface area contributed by atoms with Crippen LogP contribution in [-0.2, 0) is 13.0 Å². The number of amides is 1.